The highest BCUT2D eigenvalue weighted by Gasteiger charge is 2.37. The smallest absolute Gasteiger partial charge is 0.128 e. The maximum atomic E-state index is 9.28. The zero-order chi connectivity index (χ0) is 13.3. The van der Waals surface area contributed by atoms with Gasteiger partial charge in [-0.2, -0.15) is 0 Å². The lowest BCUT2D eigenvalue weighted by atomic mass is 9.77. The number of piperidine rings is 1. The zero-order valence-corrected chi connectivity index (χ0v) is 12.0. The first kappa shape index (κ1) is 13.2. The number of nitrogens with zero attached hydrogens (tertiary/aromatic N) is 2. The first-order valence-electron chi connectivity index (χ1n) is 7.23. The lowest BCUT2D eigenvalue weighted by molar-refractivity contribution is 0.226. The summed E-state index contributed by atoms with van der Waals surface area (Å²) in [7, 11) is 0. The van der Waals surface area contributed by atoms with Crippen molar-refractivity contribution < 1.29 is 5.11 Å². The summed E-state index contributed by atoms with van der Waals surface area (Å²) in [5.74, 6) is 0.960. The van der Waals surface area contributed by atoms with Crippen molar-refractivity contribution in [1.29, 1.82) is 0 Å². The Hall–Kier alpha value is -0.800. The molecule has 1 aromatic rings. The van der Waals surface area contributed by atoms with Gasteiger partial charge in [0.25, 0.3) is 0 Å². The van der Waals surface area contributed by atoms with Gasteiger partial charge < -0.3 is 10.0 Å². The van der Waals surface area contributed by atoms with E-state index in [1.165, 1.54) is 38.5 Å². The van der Waals surface area contributed by atoms with Gasteiger partial charge in [0.05, 0.1) is 11.6 Å². The van der Waals surface area contributed by atoms with Crippen LogP contribution in [0.5, 0.6) is 0 Å². The van der Waals surface area contributed by atoms with Gasteiger partial charge in [-0.05, 0) is 37.2 Å². The van der Waals surface area contributed by atoms with Gasteiger partial charge >= 0.3 is 0 Å². The Balaban J connectivity index is 1.71. The molecule has 2 fully saturated rings. The summed E-state index contributed by atoms with van der Waals surface area (Å²) in [4.78, 5) is 6.74. The Morgan fingerprint density at radius 1 is 1.21 bits per heavy atom. The molecule has 0 amide bonds. The molecule has 0 aromatic carbocycles. The molecule has 1 N–H and O–H groups in total. The summed E-state index contributed by atoms with van der Waals surface area (Å²) < 4.78 is 0. The molecule has 1 aliphatic carbocycles. The number of rotatable bonds is 2. The van der Waals surface area contributed by atoms with Crippen LogP contribution in [0.3, 0.4) is 0 Å². The van der Waals surface area contributed by atoms with Crippen molar-refractivity contribution in [1.82, 2.24) is 4.98 Å². The monoisotopic (exact) mass is 280 g/mol. The summed E-state index contributed by atoms with van der Waals surface area (Å²) >= 11 is 5.99. The van der Waals surface area contributed by atoms with Crippen LogP contribution in [-0.4, -0.2) is 23.2 Å². The van der Waals surface area contributed by atoms with E-state index in [2.05, 4.69) is 9.88 Å². The fourth-order valence-electron chi connectivity index (χ4n) is 3.60. The summed E-state index contributed by atoms with van der Waals surface area (Å²) in [6.07, 6.45) is 9.87. The number of aliphatic hydroxyl groups excluding tert-OH is 1. The SMILES string of the molecule is OCc1cc(N2CCC3(CCCC3)CC2)ncc1Cl. The van der Waals surface area contributed by atoms with Gasteiger partial charge in [-0.25, -0.2) is 4.98 Å². The summed E-state index contributed by atoms with van der Waals surface area (Å²) in [6, 6.07) is 1.93. The lowest BCUT2D eigenvalue weighted by Gasteiger charge is -2.40. The molecule has 3 rings (SSSR count). The van der Waals surface area contributed by atoms with Gasteiger partial charge in [0.15, 0.2) is 0 Å². The van der Waals surface area contributed by atoms with Gasteiger partial charge in [-0.3, -0.25) is 0 Å². The predicted octanol–water partition coefficient (Wildman–Crippen LogP) is 3.39. The zero-order valence-electron chi connectivity index (χ0n) is 11.2. The first-order chi connectivity index (χ1) is 9.22. The summed E-state index contributed by atoms with van der Waals surface area (Å²) in [5, 5.41) is 9.83. The molecule has 1 saturated heterocycles. The van der Waals surface area contributed by atoms with Crippen LogP contribution in [0.15, 0.2) is 12.3 Å². The van der Waals surface area contributed by atoms with E-state index in [0.29, 0.717) is 10.4 Å². The van der Waals surface area contributed by atoms with Crippen LogP contribution in [0.1, 0.15) is 44.1 Å². The third kappa shape index (κ3) is 2.59. The molecule has 0 atom stereocenters. The van der Waals surface area contributed by atoms with Crippen molar-refractivity contribution in [3.63, 3.8) is 0 Å². The molecule has 2 aliphatic rings. The van der Waals surface area contributed by atoms with Gasteiger partial charge in [-0.15, -0.1) is 0 Å². The van der Waals surface area contributed by atoms with Gasteiger partial charge in [-0.1, -0.05) is 24.4 Å². The molecule has 1 aliphatic heterocycles. The maximum absolute atomic E-state index is 9.28. The fraction of sp³-hybridized carbons (Fsp3) is 0.667. The van der Waals surface area contributed by atoms with E-state index in [4.69, 9.17) is 11.6 Å². The number of anilines is 1. The second-order valence-corrected chi connectivity index (χ2v) is 6.39. The highest BCUT2D eigenvalue weighted by molar-refractivity contribution is 6.31. The topological polar surface area (TPSA) is 36.4 Å². The molecule has 4 heteroatoms. The second kappa shape index (κ2) is 5.29. The van der Waals surface area contributed by atoms with Crippen LogP contribution >= 0.6 is 11.6 Å². The number of pyridine rings is 1. The van der Waals surface area contributed by atoms with E-state index in [1.54, 1.807) is 6.20 Å². The fourth-order valence-corrected chi connectivity index (χ4v) is 3.76. The van der Waals surface area contributed by atoms with Crippen LogP contribution in [-0.2, 0) is 6.61 Å². The average molecular weight is 281 g/mol. The number of aliphatic hydroxyl groups is 1. The van der Waals surface area contributed by atoms with E-state index in [1.807, 2.05) is 6.07 Å². The van der Waals surface area contributed by atoms with Gasteiger partial charge in [0.1, 0.15) is 5.82 Å². The molecule has 1 spiro atoms. The Morgan fingerprint density at radius 3 is 2.53 bits per heavy atom. The van der Waals surface area contributed by atoms with E-state index in [0.717, 1.165) is 24.5 Å². The minimum absolute atomic E-state index is 0.0217. The molecule has 2 heterocycles. The van der Waals surface area contributed by atoms with Crippen molar-refractivity contribution in [3.05, 3.63) is 22.8 Å². The Bertz CT molecular complexity index is 447. The largest absolute Gasteiger partial charge is 0.392 e. The molecule has 104 valence electrons. The first-order valence-corrected chi connectivity index (χ1v) is 7.60. The summed E-state index contributed by atoms with van der Waals surface area (Å²) in [6.45, 7) is 2.14. The van der Waals surface area contributed by atoms with Gasteiger partial charge in [0, 0.05) is 24.8 Å². The van der Waals surface area contributed by atoms with Crippen molar-refractivity contribution >= 4 is 17.4 Å². The van der Waals surface area contributed by atoms with E-state index in [-0.39, 0.29) is 6.61 Å². The van der Waals surface area contributed by atoms with E-state index >= 15 is 0 Å². The normalized spacial score (nSPS) is 22.1. The predicted molar refractivity (Wildman–Crippen MR) is 77.5 cm³/mol. The minimum atomic E-state index is -0.0217. The Morgan fingerprint density at radius 2 is 1.89 bits per heavy atom. The van der Waals surface area contributed by atoms with Crippen molar-refractivity contribution in [2.24, 2.45) is 5.41 Å². The minimum Gasteiger partial charge on any atom is -0.392 e. The third-order valence-electron chi connectivity index (χ3n) is 4.90. The standard InChI is InChI=1S/C15H21ClN2O/c16-13-10-17-14(9-12(13)11-19)18-7-5-15(6-8-18)3-1-2-4-15/h9-10,19H,1-8,11H2. The molecule has 1 saturated carbocycles. The number of hydrogen-bond donors (Lipinski definition) is 1. The van der Waals surface area contributed by atoms with Crippen LogP contribution in [0.2, 0.25) is 5.02 Å². The van der Waals surface area contributed by atoms with Crippen molar-refractivity contribution in [2.45, 2.75) is 45.1 Å². The molecule has 0 radical (unpaired) electrons. The van der Waals surface area contributed by atoms with E-state index in [9.17, 15) is 5.11 Å². The molecule has 0 bridgehead atoms. The van der Waals surface area contributed by atoms with Crippen LogP contribution < -0.4 is 4.90 Å². The third-order valence-corrected chi connectivity index (χ3v) is 5.24. The molecule has 1 aromatic heterocycles. The highest BCUT2D eigenvalue weighted by atomic mass is 35.5. The van der Waals surface area contributed by atoms with Crippen LogP contribution in [0, 0.1) is 5.41 Å². The number of hydrogen-bond acceptors (Lipinski definition) is 3. The molecular formula is C15H21ClN2O. The Kier molecular flexibility index (Phi) is 3.68. The number of halogens is 1. The van der Waals surface area contributed by atoms with E-state index < -0.39 is 0 Å². The summed E-state index contributed by atoms with van der Waals surface area (Å²) in [5.41, 5.74) is 1.40. The highest BCUT2D eigenvalue weighted by Crippen LogP contribution is 2.46. The number of aromatic nitrogens is 1. The average Bonchev–Trinajstić information content (AvgIpc) is 2.89. The van der Waals surface area contributed by atoms with Crippen LogP contribution in [0.25, 0.3) is 0 Å². The lowest BCUT2D eigenvalue weighted by Crippen LogP contribution is -2.39. The van der Waals surface area contributed by atoms with Gasteiger partial charge in [0.2, 0.25) is 0 Å². The molecule has 0 unspecified atom stereocenters. The van der Waals surface area contributed by atoms with Crippen molar-refractivity contribution in [2.75, 3.05) is 18.0 Å². The van der Waals surface area contributed by atoms with Crippen molar-refractivity contribution in [3.8, 4) is 0 Å². The quantitative estimate of drug-likeness (QED) is 0.902. The molecule has 19 heavy (non-hydrogen) atoms. The second-order valence-electron chi connectivity index (χ2n) is 5.99. The maximum Gasteiger partial charge on any atom is 0.128 e. The van der Waals surface area contributed by atoms with Crippen LogP contribution in [0.4, 0.5) is 5.82 Å². The Labute approximate surface area is 119 Å². The molecular weight excluding hydrogens is 260 g/mol. The molecule has 3 nitrogen and oxygen atoms in total.